The van der Waals surface area contributed by atoms with Crippen LogP contribution in [0.5, 0.6) is 11.8 Å². The summed E-state index contributed by atoms with van der Waals surface area (Å²) in [5.41, 5.74) is 7.58. The van der Waals surface area contributed by atoms with Crippen molar-refractivity contribution in [3.05, 3.63) is 39.8 Å². The minimum Gasteiger partial charge on any atom is -0.496 e. The summed E-state index contributed by atoms with van der Waals surface area (Å²) in [6, 6.07) is 4.28. The molecule has 0 amide bonds. The molecule has 3 aromatic rings. The Balaban J connectivity index is 1.90. The quantitative estimate of drug-likeness (QED) is 0.285. The molecule has 0 unspecified atom stereocenters. The molecular weight excluding hydrogens is 408 g/mol. The number of aromatic nitrogens is 4. The Morgan fingerprint density at radius 1 is 1.39 bits per heavy atom. The first kappa shape index (κ1) is 22.1. The normalized spacial score (nSPS) is 12.1. The lowest BCUT2D eigenvalue weighted by molar-refractivity contribution is -0.140. The van der Waals surface area contributed by atoms with Gasteiger partial charge in [-0.2, -0.15) is 9.97 Å². The van der Waals surface area contributed by atoms with E-state index in [1.165, 1.54) is 11.7 Å². The first-order valence-corrected chi connectivity index (χ1v) is 9.49. The highest BCUT2D eigenvalue weighted by Crippen LogP contribution is 2.24. The lowest BCUT2D eigenvalue weighted by Crippen LogP contribution is -2.39. The number of methoxy groups -OCH3 is 1. The molecule has 0 aliphatic heterocycles. The van der Waals surface area contributed by atoms with Gasteiger partial charge in [0, 0.05) is 12.1 Å². The highest BCUT2D eigenvalue weighted by atomic mass is 16.5. The Morgan fingerprint density at radius 2 is 2.16 bits per heavy atom. The smallest absolute Gasteiger partial charge is 0.328 e. The predicted molar refractivity (Wildman–Crippen MR) is 111 cm³/mol. The number of hydrogen-bond donors (Lipinski definition) is 5. The van der Waals surface area contributed by atoms with Gasteiger partial charge in [-0.1, -0.05) is 12.1 Å². The number of nitrogens with one attached hydrogen (secondary N) is 2. The molecule has 0 saturated carbocycles. The molecule has 12 nitrogen and oxygen atoms in total. The molecule has 0 fully saturated rings. The summed E-state index contributed by atoms with van der Waals surface area (Å²) < 4.78 is 12.2. The number of rotatable bonds is 10. The standard InChI is InChI=1S/C19H24N6O6/c1-3-31-18-23-15(20)14-16(24-18)25(19(29)22-14)8-11-5-4-10(6-13(11)30-2)7-21-12(9-26)17(27)28/h4-6,12,21,26H,3,7-9H2,1-2H3,(H,22,29)(H,27,28)(H2,20,23,24)/t12-/m0/s1. The van der Waals surface area contributed by atoms with E-state index in [1.807, 2.05) is 0 Å². The average Bonchev–Trinajstić information content (AvgIpc) is 3.05. The van der Waals surface area contributed by atoms with E-state index < -0.39 is 24.3 Å². The molecule has 0 saturated heterocycles. The molecule has 12 heteroatoms. The molecule has 1 aromatic carbocycles. The van der Waals surface area contributed by atoms with Crippen molar-refractivity contribution in [2.45, 2.75) is 26.1 Å². The van der Waals surface area contributed by atoms with Crippen molar-refractivity contribution >= 4 is 23.0 Å². The van der Waals surface area contributed by atoms with Crippen LogP contribution >= 0.6 is 0 Å². The van der Waals surface area contributed by atoms with Gasteiger partial charge in [0.25, 0.3) is 0 Å². The number of aliphatic carboxylic acids is 1. The molecule has 166 valence electrons. The van der Waals surface area contributed by atoms with E-state index in [2.05, 4.69) is 20.3 Å². The third-order valence-corrected chi connectivity index (χ3v) is 4.62. The number of nitrogens with two attached hydrogens (primary N) is 1. The van der Waals surface area contributed by atoms with E-state index in [0.29, 0.717) is 29.1 Å². The van der Waals surface area contributed by atoms with Gasteiger partial charge >= 0.3 is 17.7 Å². The number of aliphatic hydroxyl groups is 1. The number of hydrogen-bond acceptors (Lipinski definition) is 9. The number of nitrogens with zero attached hydrogens (tertiary/aromatic N) is 3. The summed E-state index contributed by atoms with van der Waals surface area (Å²) in [5, 5.41) is 20.9. The van der Waals surface area contributed by atoms with Gasteiger partial charge in [-0.25, -0.2) is 4.79 Å². The number of H-pyrrole nitrogens is 1. The second kappa shape index (κ2) is 9.45. The number of fused-ring (bicyclic) bond motifs is 1. The molecule has 2 heterocycles. The van der Waals surface area contributed by atoms with Crippen LogP contribution < -0.4 is 26.2 Å². The topological polar surface area (TPSA) is 178 Å². The van der Waals surface area contributed by atoms with Crippen molar-refractivity contribution in [2.24, 2.45) is 0 Å². The van der Waals surface area contributed by atoms with Gasteiger partial charge in [0.2, 0.25) is 0 Å². The number of carboxylic acid groups (broad SMARTS) is 1. The molecule has 3 rings (SSSR count). The Hall–Kier alpha value is -3.64. The predicted octanol–water partition coefficient (Wildman–Crippen LogP) is -0.307. The summed E-state index contributed by atoms with van der Waals surface area (Å²) >= 11 is 0. The molecule has 0 aliphatic carbocycles. The highest BCUT2D eigenvalue weighted by molar-refractivity contribution is 5.82. The fourth-order valence-electron chi connectivity index (χ4n) is 3.04. The number of aliphatic hydroxyl groups excluding tert-OH is 1. The van der Waals surface area contributed by atoms with Crippen LogP contribution in [0.15, 0.2) is 23.0 Å². The van der Waals surface area contributed by atoms with Crippen LogP contribution in [0.1, 0.15) is 18.1 Å². The summed E-state index contributed by atoms with van der Waals surface area (Å²) in [5.74, 6) is -0.532. The summed E-state index contributed by atoms with van der Waals surface area (Å²) in [4.78, 5) is 34.5. The van der Waals surface area contributed by atoms with E-state index in [0.717, 1.165) is 5.56 Å². The molecule has 31 heavy (non-hydrogen) atoms. The minimum atomic E-state index is -1.14. The fourth-order valence-corrected chi connectivity index (χ4v) is 3.04. The largest absolute Gasteiger partial charge is 0.496 e. The van der Waals surface area contributed by atoms with E-state index in [9.17, 15) is 9.59 Å². The number of carboxylic acids is 1. The summed E-state index contributed by atoms with van der Waals surface area (Å²) in [6.45, 7) is 1.97. The maximum atomic E-state index is 12.5. The van der Waals surface area contributed by atoms with Crippen LogP contribution in [-0.4, -0.2) is 62.1 Å². The third kappa shape index (κ3) is 4.75. The van der Waals surface area contributed by atoms with Gasteiger partial charge < -0.3 is 30.4 Å². The van der Waals surface area contributed by atoms with Gasteiger partial charge in [-0.15, -0.1) is 0 Å². The van der Waals surface area contributed by atoms with Crippen molar-refractivity contribution in [1.29, 1.82) is 0 Å². The van der Waals surface area contributed by atoms with Crippen LogP contribution in [0, 0.1) is 0 Å². The maximum absolute atomic E-state index is 12.5. The van der Waals surface area contributed by atoms with Crippen LogP contribution in [0.25, 0.3) is 11.2 Å². The van der Waals surface area contributed by atoms with Crippen molar-refractivity contribution in [1.82, 2.24) is 24.8 Å². The Kier molecular flexibility index (Phi) is 6.72. The minimum absolute atomic E-state index is 0.0745. The van der Waals surface area contributed by atoms with Crippen LogP contribution in [-0.2, 0) is 17.9 Å². The first-order chi connectivity index (χ1) is 14.9. The number of nitrogen functional groups attached to an aromatic ring is 1. The van der Waals surface area contributed by atoms with Gasteiger partial charge in [-0.3, -0.25) is 14.7 Å². The molecule has 1 atom stereocenters. The average molecular weight is 432 g/mol. The Labute approximate surface area is 176 Å². The lowest BCUT2D eigenvalue weighted by atomic mass is 10.1. The molecule has 2 aromatic heterocycles. The molecule has 6 N–H and O–H groups in total. The zero-order chi connectivity index (χ0) is 22.5. The summed E-state index contributed by atoms with van der Waals surface area (Å²) in [6.07, 6.45) is 0. The zero-order valence-corrected chi connectivity index (χ0v) is 17.1. The first-order valence-electron chi connectivity index (χ1n) is 9.49. The van der Waals surface area contributed by atoms with Crippen molar-refractivity contribution < 1.29 is 24.5 Å². The lowest BCUT2D eigenvalue weighted by Gasteiger charge is -2.14. The van der Waals surface area contributed by atoms with Crippen molar-refractivity contribution in [2.75, 3.05) is 26.1 Å². The zero-order valence-electron chi connectivity index (χ0n) is 17.1. The van der Waals surface area contributed by atoms with Gasteiger partial charge in [0.15, 0.2) is 11.5 Å². The van der Waals surface area contributed by atoms with Crippen LogP contribution in [0.3, 0.4) is 0 Å². The van der Waals surface area contributed by atoms with Gasteiger partial charge in [0.05, 0.1) is 26.9 Å². The molecule has 0 aliphatic rings. The number of carbonyl (C=O) groups is 1. The van der Waals surface area contributed by atoms with E-state index in [4.69, 9.17) is 25.4 Å². The highest BCUT2D eigenvalue weighted by Gasteiger charge is 2.18. The van der Waals surface area contributed by atoms with E-state index >= 15 is 0 Å². The molecule has 0 spiro atoms. The van der Waals surface area contributed by atoms with Gasteiger partial charge in [-0.05, 0) is 18.6 Å². The second-order valence-electron chi connectivity index (χ2n) is 6.64. The van der Waals surface area contributed by atoms with E-state index in [1.54, 1.807) is 25.1 Å². The maximum Gasteiger partial charge on any atom is 0.328 e. The van der Waals surface area contributed by atoms with Crippen LogP contribution in [0.4, 0.5) is 5.82 Å². The Bertz CT molecular complexity index is 1140. The molecule has 0 bridgehead atoms. The molecule has 0 radical (unpaired) electrons. The molecular formula is C19H24N6O6. The number of anilines is 1. The van der Waals surface area contributed by atoms with Crippen molar-refractivity contribution in [3.63, 3.8) is 0 Å². The SMILES string of the molecule is CCOc1nc(N)c2[nH]c(=O)n(Cc3ccc(CN[C@@H](CO)C(=O)O)cc3OC)c2n1. The summed E-state index contributed by atoms with van der Waals surface area (Å²) in [7, 11) is 1.50. The van der Waals surface area contributed by atoms with Crippen LogP contribution in [0.2, 0.25) is 0 Å². The number of benzene rings is 1. The second-order valence-corrected chi connectivity index (χ2v) is 6.64. The number of imidazole rings is 1. The monoisotopic (exact) mass is 432 g/mol. The third-order valence-electron chi connectivity index (χ3n) is 4.62. The number of ether oxygens (including phenoxy) is 2. The van der Waals surface area contributed by atoms with Gasteiger partial charge in [0.1, 0.15) is 17.3 Å². The Morgan fingerprint density at radius 3 is 2.81 bits per heavy atom. The van der Waals surface area contributed by atoms with Crippen molar-refractivity contribution in [3.8, 4) is 11.8 Å². The number of aromatic amines is 1. The fraction of sp³-hybridized carbons (Fsp3) is 0.368. The van der Waals surface area contributed by atoms with E-state index in [-0.39, 0.29) is 24.9 Å².